The number of terminal acetylenes is 1. The first kappa shape index (κ1) is 12.8. The number of ketones is 1. The summed E-state index contributed by atoms with van der Waals surface area (Å²) in [6.07, 6.45) is 8.79. The number of ether oxygens (including phenoxy) is 1. The van der Waals surface area contributed by atoms with Crippen molar-refractivity contribution >= 4 is 11.8 Å². The third kappa shape index (κ3) is 2.44. The van der Waals surface area contributed by atoms with E-state index in [0.29, 0.717) is 12.8 Å². The third-order valence-corrected chi connectivity index (χ3v) is 3.47. The van der Waals surface area contributed by atoms with Gasteiger partial charge in [-0.3, -0.25) is 9.59 Å². The summed E-state index contributed by atoms with van der Waals surface area (Å²) >= 11 is 0. The first-order chi connectivity index (χ1) is 7.55. The minimum absolute atomic E-state index is 0.00931. The number of esters is 1. The van der Waals surface area contributed by atoms with E-state index in [4.69, 9.17) is 11.2 Å². The summed E-state index contributed by atoms with van der Waals surface area (Å²) in [5.74, 6) is 1.60. The maximum Gasteiger partial charge on any atom is 0.316 e. The van der Waals surface area contributed by atoms with Gasteiger partial charge in [-0.1, -0.05) is 6.92 Å². The molecule has 1 aliphatic carbocycles. The molecule has 3 heteroatoms. The second kappa shape index (κ2) is 5.16. The molecule has 1 saturated carbocycles. The van der Waals surface area contributed by atoms with Gasteiger partial charge in [-0.05, 0) is 24.7 Å². The predicted octanol–water partition coefficient (Wildman–Crippen LogP) is 1.95. The Morgan fingerprint density at radius 1 is 1.69 bits per heavy atom. The number of unbranched alkanes of at least 4 members (excludes halogenated alkanes) is 1. The minimum atomic E-state index is -0.588. The molecule has 0 saturated heterocycles. The molecule has 0 N–H and O–H groups in total. The molecule has 1 aliphatic rings. The molecule has 2 atom stereocenters. The van der Waals surface area contributed by atoms with E-state index in [0.717, 1.165) is 19.3 Å². The number of carbonyl (C=O) groups is 2. The number of methoxy groups -OCH3 is 1. The van der Waals surface area contributed by atoms with Crippen molar-refractivity contribution in [1.29, 1.82) is 0 Å². The van der Waals surface area contributed by atoms with E-state index in [9.17, 15) is 9.59 Å². The van der Waals surface area contributed by atoms with Crippen LogP contribution < -0.4 is 0 Å². The molecule has 0 aliphatic heterocycles. The van der Waals surface area contributed by atoms with Crippen LogP contribution in [0.3, 0.4) is 0 Å². The van der Waals surface area contributed by atoms with Crippen LogP contribution in [0.4, 0.5) is 0 Å². The Bertz CT molecular complexity index is 327. The average molecular weight is 222 g/mol. The summed E-state index contributed by atoms with van der Waals surface area (Å²) in [4.78, 5) is 23.3. The molecule has 16 heavy (non-hydrogen) atoms. The Balaban J connectivity index is 2.73. The van der Waals surface area contributed by atoms with Crippen LogP contribution in [0.15, 0.2) is 0 Å². The Morgan fingerprint density at radius 2 is 2.38 bits per heavy atom. The Kier molecular flexibility index (Phi) is 4.12. The number of carbonyl (C=O) groups excluding carboxylic acids is 2. The maximum atomic E-state index is 11.7. The molecule has 88 valence electrons. The second-order valence-corrected chi connectivity index (χ2v) is 4.63. The normalized spacial score (nSPS) is 28.8. The second-order valence-electron chi connectivity index (χ2n) is 4.63. The fourth-order valence-corrected chi connectivity index (χ4v) is 2.48. The first-order valence-corrected chi connectivity index (χ1v) is 5.59. The van der Waals surface area contributed by atoms with Gasteiger partial charge < -0.3 is 4.74 Å². The summed E-state index contributed by atoms with van der Waals surface area (Å²) < 4.78 is 4.71. The van der Waals surface area contributed by atoms with Crippen molar-refractivity contribution in [3.8, 4) is 12.3 Å². The minimum Gasteiger partial charge on any atom is -0.468 e. The van der Waals surface area contributed by atoms with Crippen LogP contribution in [0.1, 0.15) is 39.0 Å². The number of rotatable bonds is 4. The number of hydrogen-bond donors (Lipinski definition) is 0. The van der Waals surface area contributed by atoms with E-state index in [-0.39, 0.29) is 11.2 Å². The molecule has 0 radical (unpaired) electrons. The van der Waals surface area contributed by atoms with E-state index < -0.39 is 11.9 Å². The molecule has 1 rings (SSSR count). The van der Waals surface area contributed by atoms with E-state index in [1.165, 1.54) is 7.11 Å². The maximum absolute atomic E-state index is 11.7. The third-order valence-electron chi connectivity index (χ3n) is 3.47. The van der Waals surface area contributed by atoms with Gasteiger partial charge in [-0.25, -0.2) is 0 Å². The summed E-state index contributed by atoms with van der Waals surface area (Å²) in [6, 6.07) is 0. The van der Waals surface area contributed by atoms with Gasteiger partial charge in [0, 0.05) is 12.8 Å². The zero-order valence-corrected chi connectivity index (χ0v) is 9.91. The van der Waals surface area contributed by atoms with Crippen LogP contribution in [-0.2, 0) is 14.3 Å². The van der Waals surface area contributed by atoms with Crippen LogP contribution in [0.5, 0.6) is 0 Å². The Morgan fingerprint density at radius 3 is 2.94 bits per heavy atom. The Labute approximate surface area is 96.5 Å². The van der Waals surface area contributed by atoms with Crippen molar-refractivity contribution in [2.24, 2.45) is 11.3 Å². The molecular formula is C13H18O3. The number of hydrogen-bond acceptors (Lipinski definition) is 3. The first-order valence-electron chi connectivity index (χ1n) is 5.59. The van der Waals surface area contributed by atoms with Gasteiger partial charge in [-0.2, -0.15) is 0 Å². The molecule has 3 nitrogen and oxygen atoms in total. The monoisotopic (exact) mass is 222 g/mol. The van der Waals surface area contributed by atoms with Crippen LogP contribution in [0.2, 0.25) is 0 Å². The van der Waals surface area contributed by atoms with Gasteiger partial charge in [0.05, 0.1) is 7.11 Å². The molecule has 0 heterocycles. The van der Waals surface area contributed by atoms with Crippen molar-refractivity contribution < 1.29 is 14.3 Å². The zero-order chi connectivity index (χ0) is 12.2. The van der Waals surface area contributed by atoms with Crippen LogP contribution in [0, 0.1) is 23.7 Å². The SMILES string of the molecule is C#CCCC[C@@]1(C)CCC(=O)C1C(=O)OC. The summed E-state index contributed by atoms with van der Waals surface area (Å²) in [5, 5.41) is 0. The van der Waals surface area contributed by atoms with E-state index in [1.807, 2.05) is 6.92 Å². The predicted molar refractivity (Wildman–Crippen MR) is 60.5 cm³/mol. The van der Waals surface area contributed by atoms with Crippen LogP contribution in [-0.4, -0.2) is 18.9 Å². The van der Waals surface area contributed by atoms with Crippen LogP contribution >= 0.6 is 0 Å². The fourth-order valence-electron chi connectivity index (χ4n) is 2.48. The fraction of sp³-hybridized carbons (Fsp3) is 0.692. The number of Topliss-reactive ketones (excluding diaryl/α,β-unsaturated/α-hetero) is 1. The van der Waals surface area contributed by atoms with Crippen molar-refractivity contribution in [3.05, 3.63) is 0 Å². The van der Waals surface area contributed by atoms with E-state index in [1.54, 1.807) is 0 Å². The van der Waals surface area contributed by atoms with Crippen molar-refractivity contribution in [1.82, 2.24) is 0 Å². The van der Waals surface area contributed by atoms with Crippen LogP contribution in [0.25, 0.3) is 0 Å². The van der Waals surface area contributed by atoms with Gasteiger partial charge in [0.2, 0.25) is 0 Å². The summed E-state index contributed by atoms with van der Waals surface area (Å²) in [6.45, 7) is 1.98. The highest BCUT2D eigenvalue weighted by Gasteiger charge is 2.48. The molecule has 1 unspecified atom stereocenters. The lowest BCUT2D eigenvalue weighted by Crippen LogP contribution is -2.33. The molecule has 0 aromatic heterocycles. The highest BCUT2D eigenvalue weighted by molar-refractivity contribution is 6.01. The van der Waals surface area contributed by atoms with Crippen molar-refractivity contribution in [3.63, 3.8) is 0 Å². The highest BCUT2D eigenvalue weighted by atomic mass is 16.5. The quantitative estimate of drug-likeness (QED) is 0.316. The summed E-state index contributed by atoms with van der Waals surface area (Å²) in [5.41, 5.74) is -0.263. The standard InChI is InChI=1S/C13H18O3/c1-4-5-6-8-13(2)9-7-10(14)11(13)12(15)16-3/h1,11H,5-9H2,2-3H3/t11?,13-/m0/s1. The highest BCUT2D eigenvalue weighted by Crippen LogP contribution is 2.45. The van der Waals surface area contributed by atoms with Gasteiger partial charge in [0.15, 0.2) is 0 Å². The lowest BCUT2D eigenvalue weighted by atomic mass is 9.75. The molecule has 0 amide bonds. The summed E-state index contributed by atoms with van der Waals surface area (Å²) in [7, 11) is 1.33. The molecule has 0 spiro atoms. The molecular weight excluding hydrogens is 204 g/mol. The lowest BCUT2D eigenvalue weighted by molar-refractivity contribution is -0.152. The van der Waals surface area contributed by atoms with Crippen molar-refractivity contribution in [2.75, 3.05) is 7.11 Å². The lowest BCUT2D eigenvalue weighted by Gasteiger charge is -2.28. The molecule has 1 fully saturated rings. The van der Waals surface area contributed by atoms with Gasteiger partial charge >= 0.3 is 5.97 Å². The average Bonchev–Trinajstić information content (AvgIpc) is 2.55. The smallest absolute Gasteiger partial charge is 0.316 e. The molecule has 0 aromatic rings. The zero-order valence-electron chi connectivity index (χ0n) is 9.91. The largest absolute Gasteiger partial charge is 0.468 e. The molecule has 0 bridgehead atoms. The van der Waals surface area contributed by atoms with Gasteiger partial charge in [0.25, 0.3) is 0 Å². The van der Waals surface area contributed by atoms with E-state index >= 15 is 0 Å². The van der Waals surface area contributed by atoms with Crippen molar-refractivity contribution in [2.45, 2.75) is 39.0 Å². The Hall–Kier alpha value is -1.30. The topological polar surface area (TPSA) is 43.4 Å². The van der Waals surface area contributed by atoms with Gasteiger partial charge in [-0.15, -0.1) is 12.3 Å². The molecule has 0 aromatic carbocycles. The van der Waals surface area contributed by atoms with Gasteiger partial charge in [0.1, 0.15) is 11.7 Å². The van der Waals surface area contributed by atoms with E-state index in [2.05, 4.69) is 5.92 Å².